The van der Waals surface area contributed by atoms with Crippen molar-refractivity contribution in [3.63, 3.8) is 0 Å². The lowest BCUT2D eigenvalue weighted by molar-refractivity contribution is -0.383. The van der Waals surface area contributed by atoms with Crippen molar-refractivity contribution in [1.29, 1.82) is 0 Å². The van der Waals surface area contributed by atoms with Gasteiger partial charge in [-0.15, -0.1) is 6.58 Å². The molecule has 8 rings (SSSR count). The van der Waals surface area contributed by atoms with Crippen LogP contribution in [0.25, 0.3) is 0 Å². The van der Waals surface area contributed by atoms with Gasteiger partial charge in [-0.1, -0.05) is 199 Å². The quantitative estimate of drug-likeness (QED) is 0.0217. The maximum Gasteiger partial charge on any atom is 0.367 e. The molecule has 0 unspecified atom stereocenters. The smallest absolute Gasteiger partial charge is 0.367 e. The second kappa shape index (κ2) is 38.7. The van der Waals surface area contributed by atoms with Gasteiger partial charge in [-0.25, -0.2) is 4.79 Å². The van der Waals surface area contributed by atoms with Gasteiger partial charge in [0.1, 0.15) is 55.9 Å². The number of ether oxygens (including phenoxy) is 14. The van der Waals surface area contributed by atoms with Gasteiger partial charge < -0.3 is 85.8 Å². The predicted octanol–water partition coefficient (Wildman–Crippen LogP) is 5.95. The first-order valence-electron chi connectivity index (χ1n) is 36.5. The van der Waals surface area contributed by atoms with Crippen LogP contribution in [0.3, 0.4) is 0 Å². The molecule has 0 radical (unpaired) electrons. The van der Waals surface area contributed by atoms with Crippen molar-refractivity contribution in [3.8, 4) is 0 Å². The number of hydrogen-bond acceptors (Lipinski definition) is 26. The topological polar surface area (TPSA) is 342 Å². The number of carbonyl (C=O) groups excluding carboxylic acids is 10. The molecule has 111 heavy (non-hydrogen) atoms. The van der Waals surface area contributed by atoms with E-state index in [-0.39, 0.29) is 6.61 Å². The van der Waals surface area contributed by atoms with E-state index in [1.807, 2.05) is 163 Å². The molecule has 600 valence electrons. The molecule has 30 heteroatoms. The summed E-state index contributed by atoms with van der Waals surface area (Å²) in [6.45, 7) is 22.9. The average molecular weight is 1580 g/mol. The van der Waals surface area contributed by atoms with Crippen LogP contribution in [0, 0.1) is 0 Å². The Hall–Kier alpha value is -9.35. The van der Waals surface area contributed by atoms with Crippen molar-refractivity contribution in [3.05, 3.63) is 170 Å². The van der Waals surface area contributed by atoms with E-state index in [9.17, 15) is 43.2 Å². The Morgan fingerprint density at radius 1 is 0.495 bits per heavy atom. The van der Waals surface area contributed by atoms with Crippen molar-refractivity contribution < 1.29 is 123 Å². The van der Waals surface area contributed by atoms with Gasteiger partial charge in [-0.05, 0) is 36.4 Å². The highest BCUT2D eigenvalue weighted by Gasteiger charge is 2.65. The maximum atomic E-state index is 16.4. The lowest BCUT2D eigenvalue weighted by Crippen LogP contribution is -2.73. The largest absolute Gasteiger partial charge is 0.462 e. The molecule has 3 saturated heterocycles. The molecule has 5 aromatic carbocycles. The van der Waals surface area contributed by atoms with E-state index >= 15 is 4.79 Å². The molecular weight excluding hydrogens is 1470 g/mol. The minimum atomic E-state index is -3.78. The Kier molecular flexibility index (Phi) is 30.4. The number of benzene rings is 5. The second-order valence-corrected chi connectivity index (χ2v) is 37.9. The Labute approximate surface area is 648 Å². The summed E-state index contributed by atoms with van der Waals surface area (Å²) in [4.78, 5) is 140. The molecule has 0 spiro atoms. The van der Waals surface area contributed by atoms with E-state index in [0.717, 1.165) is 76.1 Å². The first-order valence-corrected chi connectivity index (χ1v) is 40.3. The number of esters is 8. The molecule has 3 aliphatic heterocycles. The average Bonchev–Trinajstić information content (AvgIpc) is 0.741. The summed E-state index contributed by atoms with van der Waals surface area (Å²) in [7, 11) is -7.41. The Morgan fingerprint density at radius 2 is 0.919 bits per heavy atom. The first kappa shape index (κ1) is 87.2. The molecule has 3 heterocycles. The van der Waals surface area contributed by atoms with Gasteiger partial charge in [0.05, 0.1) is 32.3 Å². The fourth-order valence-electron chi connectivity index (χ4n) is 14.6. The third kappa shape index (κ3) is 21.9. The van der Waals surface area contributed by atoms with E-state index in [1.54, 1.807) is 30.3 Å². The zero-order chi connectivity index (χ0) is 81.2. The second-order valence-electron chi connectivity index (χ2n) is 29.3. The van der Waals surface area contributed by atoms with Gasteiger partial charge >= 0.3 is 47.8 Å². The van der Waals surface area contributed by atoms with Crippen molar-refractivity contribution in [1.82, 2.24) is 10.6 Å². The van der Waals surface area contributed by atoms with E-state index in [4.69, 9.17) is 75.2 Å². The number of amides is 2. The summed E-state index contributed by atoms with van der Waals surface area (Å²) in [6, 6.07) is 43.1. The summed E-state index contributed by atoms with van der Waals surface area (Å²) in [5.41, 5.74) is 0.394. The summed E-state index contributed by atoms with van der Waals surface area (Å²) in [5.74, 6) is -13.2. The lowest BCUT2D eigenvalue weighted by atomic mass is 9.87. The van der Waals surface area contributed by atoms with Crippen molar-refractivity contribution in [2.45, 2.75) is 225 Å². The van der Waals surface area contributed by atoms with E-state index < -0.39 is 217 Å². The van der Waals surface area contributed by atoms with Crippen LogP contribution in [0.15, 0.2) is 164 Å². The molecule has 0 saturated carbocycles. The molecule has 5 aromatic rings. The van der Waals surface area contributed by atoms with E-state index in [1.165, 1.54) is 13.0 Å². The Morgan fingerprint density at radius 3 is 1.34 bits per heavy atom. The Bertz CT molecular complexity index is 3920. The first-order chi connectivity index (χ1) is 52.5. The van der Waals surface area contributed by atoms with Crippen LogP contribution in [-0.4, -0.2) is 200 Å². The standard InChI is InChI=1S/C81H102N2O26Si2/c1-17-43-94-76-68(83-50(3)85)72(103-56(9)91)69(65(105-76)47-97-110(79(11,12)13,59-35-25-19-26-36-59)60-37-27-20-28-38-60)107-77-75(104-57(10)92)74(71(102-55(8)90)66(106-77)48-98-111(80(14,15)16,61-39-29-21-30-40-61)62-41-31-22-32-42-62)109-81(78(93)96-45-58-33-23-18-24-34-58)44-63(99-52(5)87)67(82-49(2)84)73(108-81)70(101-54(7)89)64(100-53(6)88)46-95-51(4)86/h17-42,63-77H,1,43-48H2,2-16H3,(H,82,84)(H,83,85)/t63-,64+,65+,66+,67+,68+,69+,70+,71-,72+,73+,74-,75+,76+,77-,81-/m0/s1. The third-order valence-corrected chi connectivity index (χ3v) is 28.8. The van der Waals surface area contributed by atoms with Crippen LogP contribution in [0.2, 0.25) is 10.1 Å². The molecule has 2 amide bonds. The van der Waals surface area contributed by atoms with Crippen molar-refractivity contribution in [2.75, 3.05) is 26.4 Å². The van der Waals surface area contributed by atoms with Gasteiger partial charge in [-0.2, -0.15) is 0 Å². The SMILES string of the molecule is C=CCO[C@@H]1O[C@H](CO[Si](c2ccccc2)(c2ccccc2)C(C)(C)C)[C@@H](O[C@@H]2O[C@H](CO[Si](c3ccccc3)(c3ccccc3)C(C)(C)C)[C@H](OC(C)=O)[C@H](O[C@]3(C(=O)OCc4ccccc4)C[C@H](OC(C)=O)[C@@H](NC(C)=O)[C@H]([C@H](OC(C)=O)[C@@H](COC(C)=O)OC(C)=O)O3)[C@H]2OC(C)=O)[C@H](OC(C)=O)[C@H]1NC(C)=O. The number of rotatable bonds is 32. The normalized spacial score (nSPS) is 24.7. The predicted molar refractivity (Wildman–Crippen MR) is 404 cm³/mol. The minimum Gasteiger partial charge on any atom is -0.462 e. The lowest BCUT2D eigenvalue weighted by Gasteiger charge is -2.53. The fourth-order valence-corrected chi connectivity index (χ4v) is 23.8. The van der Waals surface area contributed by atoms with Crippen LogP contribution < -0.4 is 31.4 Å². The zero-order valence-electron chi connectivity index (χ0n) is 65.2. The highest BCUT2D eigenvalue weighted by atomic mass is 28.4. The van der Waals surface area contributed by atoms with Gasteiger partial charge in [-0.3, -0.25) is 43.2 Å². The van der Waals surface area contributed by atoms with Crippen molar-refractivity contribution in [2.24, 2.45) is 0 Å². The molecule has 28 nitrogen and oxygen atoms in total. The van der Waals surface area contributed by atoms with Crippen LogP contribution in [0.4, 0.5) is 0 Å². The van der Waals surface area contributed by atoms with Gasteiger partial charge in [0.25, 0.3) is 22.4 Å². The van der Waals surface area contributed by atoms with Crippen LogP contribution >= 0.6 is 0 Å². The molecule has 2 N–H and O–H groups in total. The molecule has 0 bridgehead atoms. The van der Waals surface area contributed by atoms with Crippen molar-refractivity contribution >= 4 is 97.0 Å². The summed E-state index contributed by atoms with van der Waals surface area (Å²) in [5, 5.41) is 7.25. The molecule has 16 atom stereocenters. The fraction of sp³-hybridized carbons (Fsp3) is 0.481. The molecule has 0 aliphatic carbocycles. The number of nitrogens with one attached hydrogen (secondary N) is 2. The van der Waals surface area contributed by atoms with E-state index in [0.29, 0.717) is 5.56 Å². The summed E-state index contributed by atoms with van der Waals surface area (Å²) < 4.78 is 106. The molecule has 3 aliphatic rings. The van der Waals surface area contributed by atoms with Crippen LogP contribution in [-0.2, 0) is 130 Å². The zero-order valence-corrected chi connectivity index (χ0v) is 67.2. The molecule has 3 fully saturated rings. The summed E-state index contributed by atoms with van der Waals surface area (Å²) in [6.07, 6.45) is -24.3. The monoisotopic (exact) mass is 1570 g/mol. The highest BCUT2D eigenvalue weighted by molar-refractivity contribution is 7.00. The highest BCUT2D eigenvalue weighted by Crippen LogP contribution is 2.45. The van der Waals surface area contributed by atoms with Crippen LogP contribution in [0.5, 0.6) is 0 Å². The Balaban J connectivity index is 1.47. The maximum absolute atomic E-state index is 16.4. The van der Waals surface area contributed by atoms with Crippen LogP contribution in [0.1, 0.15) is 116 Å². The van der Waals surface area contributed by atoms with E-state index in [2.05, 4.69) is 17.2 Å². The van der Waals surface area contributed by atoms with Gasteiger partial charge in [0.15, 0.2) is 43.1 Å². The van der Waals surface area contributed by atoms with Gasteiger partial charge in [0.2, 0.25) is 11.8 Å². The van der Waals surface area contributed by atoms with Gasteiger partial charge in [0, 0.05) is 62.3 Å². The summed E-state index contributed by atoms with van der Waals surface area (Å²) >= 11 is 0. The third-order valence-electron chi connectivity index (χ3n) is 18.8. The minimum absolute atomic E-state index is 0.175. The molecule has 0 aromatic heterocycles. The number of hydrogen-bond donors (Lipinski definition) is 2. The molecular formula is C81H102N2O26Si2. The number of carbonyl (C=O) groups is 10.